The van der Waals surface area contributed by atoms with E-state index in [0.717, 1.165) is 36.4 Å². The summed E-state index contributed by atoms with van der Waals surface area (Å²) in [6.07, 6.45) is 1.03. The first-order chi connectivity index (χ1) is 10.2. The molecule has 0 aromatic heterocycles. The Labute approximate surface area is 125 Å². The van der Waals surface area contributed by atoms with Gasteiger partial charge in [-0.2, -0.15) is 0 Å². The highest BCUT2D eigenvalue weighted by molar-refractivity contribution is 5.74. The molecule has 0 fully saturated rings. The lowest BCUT2D eigenvalue weighted by Gasteiger charge is -2.14. The maximum Gasteiger partial charge on any atom is 0.146 e. The van der Waals surface area contributed by atoms with Crippen molar-refractivity contribution in [3.05, 3.63) is 53.8 Å². The lowest BCUT2D eigenvalue weighted by atomic mass is 10.2. The molecule has 0 amide bonds. The Kier molecular flexibility index (Phi) is 5.58. The van der Waals surface area contributed by atoms with E-state index in [1.54, 1.807) is 6.07 Å². The van der Waals surface area contributed by atoms with Crippen LogP contribution in [0.4, 0.5) is 21.5 Å². The maximum absolute atomic E-state index is 13.9. The van der Waals surface area contributed by atoms with E-state index < -0.39 is 0 Å². The average molecular weight is 287 g/mol. The lowest BCUT2D eigenvalue weighted by molar-refractivity contribution is 0.631. The van der Waals surface area contributed by atoms with E-state index in [1.165, 1.54) is 6.07 Å². The van der Waals surface area contributed by atoms with Crippen LogP contribution < -0.4 is 16.0 Å². The third-order valence-electron chi connectivity index (χ3n) is 3.24. The Balaban J connectivity index is 2.08. The second-order valence-corrected chi connectivity index (χ2v) is 5.04. The second kappa shape index (κ2) is 7.64. The standard InChI is InChI=1S/C17H22FN3/c1-13-8-9-15(14(18)12-13)21-17-7-4-3-6-16(17)20-11-5-10-19-2/h3-4,6-9,12,19-21H,5,10-11H2,1-2H3. The molecular formula is C17H22FN3. The number of para-hydroxylation sites is 2. The van der Waals surface area contributed by atoms with Crippen molar-refractivity contribution in [2.45, 2.75) is 13.3 Å². The molecule has 2 rings (SSSR count). The van der Waals surface area contributed by atoms with E-state index in [9.17, 15) is 4.39 Å². The van der Waals surface area contributed by atoms with Gasteiger partial charge in [-0.15, -0.1) is 0 Å². The normalized spacial score (nSPS) is 10.4. The van der Waals surface area contributed by atoms with Crippen LogP contribution in [0.3, 0.4) is 0 Å². The molecule has 21 heavy (non-hydrogen) atoms. The fraction of sp³-hybridized carbons (Fsp3) is 0.294. The van der Waals surface area contributed by atoms with Crippen LogP contribution in [-0.2, 0) is 0 Å². The zero-order valence-corrected chi connectivity index (χ0v) is 12.5. The number of benzene rings is 2. The van der Waals surface area contributed by atoms with Gasteiger partial charge in [0.25, 0.3) is 0 Å². The molecule has 0 saturated heterocycles. The van der Waals surface area contributed by atoms with Crippen molar-refractivity contribution in [3.8, 4) is 0 Å². The van der Waals surface area contributed by atoms with Crippen LogP contribution in [0.5, 0.6) is 0 Å². The molecule has 0 spiro atoms. The predicted molar refractivity (Wildman–Crippen MR) is 87.9 cm³/mol. The van der Waals surface area contributed by atoms with Crippen LogP contribution >= 0.6 is 0 Å². The molecule has 4 heteroatoms. The zero-order chi connectivity index (χ0) is 15.1. The van der Waals surface area contributed by atoms with E-state index >= 15 is 0 Å². The fourth-order valence-electron chi connectivity index (χ4n) is 2.10. The van der Waals surface area contributed by atoms with Gasteiger partial charge >= 0.3 is 0 Å². The summed E-state index contributed by atoms with van der Waals surface area (Å²) in [5.74, 6) is -0.236. The van der Waals surface area contributed by atoms with E-state index in [4.69, 9.17) is 0 Å². The van der Waals surface area contributed by atoms with E-state index in [0.29, 0.717) is 5.69 Å². The first-order valence-corrected chi connectivity index (χ1v) is 7.21. The minimum absolute atomic E-state index is 0.236. The number of hydrogen-bond acceptors (Lipinski definition) is 3. The van der Waals surface area contributed by atoms with Gasteiger partial charge in [0.15, 0.2) is 0 Å². The summed E-state index contributed by atoms with van der Waals surface area (Å²) in [7, 11) is 1.94. The number of rotatable bonds is 7. The zero-order valence-electron chi connectivity index (χ0n) is 12.5. The maximum atomic E-state index is 13.9. The molecule has 0 aliphatic carbocycles. The second-order valence-electron chi connectivity index (χ2n) is 5.04. The Morgan fingerprint density at radius 2 is 1.71 bits per heavy atom. The van der Waals surface area contributed by atoms with Gasteiger partial charge < -0.3 is 16.0 Å². The van der Waals surface area contributed by atoms with Gasteiger partial charge in [0.1, 0.15) is 5.82 Å². The molecule has 3 nitrogen and oxygen atoms in total. The van der Waals surface area contributed by atoms with Gasteiger partial charge in [-0.3, -0.25) is 0 Å². The van der Waals surface area contributed by atoms with Crippen molar-refractivity contribution in [1.29, 1.82) is 0 Å². The highest BCUT2D eigenvalue weighted by Crippen LogP contribution is 2.27. The molecule has 0 unspecified atom stereocenters. The minimum Gasteiger partial charge on any atom is -0.383 e. The molecule has 3 N–H and O–H groups in total. The smallest absolute Gasteiger partial charge is 0.146 e. The third kappa shape index (κ3) is 4.46. The molecule has 2 aromatic carbocycles. The molecule has 0 bridgehead atoms. The summed E-state index contributed by atoms with van der Waals surface area (Å²) in [6.45, 7) is 3.72. The largest absolute Gasteiger partial charge is 0.383 e. The first-order valence-electron chi connectivity index (χ1n) is 7.21. The van der Waals surface area contributed by atoms with Gasteiger partial charge in [-0.05, 0) is 56.8 Å². The summed E-state index contributed by atoms with van der Waals surface area (Å²) in [4.78, 5) is 0. The van der Waals surface area contributed by atoms with Crippen molar-refractivity contribution in [1.82, 2.24) is 5.32 Å². The monoisotopic (exact) mass is 287 g/mol. The summed E-state index contributed by atoms with van der Waals surface area (Å²) in [5.41, 5.74) is 3.26. The molecule has 0 atom stereocenters. The van der Waals surface area contributed by atoms with E-state index in [2.05, 4.69) is 16.0 Å². The lowest BCUT2D eigenvalue weighted by Crippen LogP contribution is -2.13. The number of aryl methyl sites for hydroxylation is 1. The molecule has 2 aromatic rings. The Morgan fingerprint density at radius 1 is 0.952 bits per heavy atom. The molecule has 0 aliphatic heterocycles. The molecule has 112 valence electrons. The molecule has 0 saturated carbocycles. The summed E-state index contributed by atoms with van der Waals surface area (Å²) >= 11 is 0. The Morgan fingerprint density at radius 3 is 2.43 bits per heavy atom. The average Bonchev–Trinajstić information content (AvgIpc) is 2.48. The summed E-state index contributed by atoms with van der Waals surface area (Å²) in [5, 5.41) is 9.65. The SMILES string of the molecule is CNCCCNc1ccccc1Nc1ccc(C)cc1F. The van der Waals surface area contributed by atoms with Gasteiger partial charge in [0, 0.05) is 6.54 Å². The minimum atomic E-state index is -0.236. The number of hydrogen-bond donors (Lipinski definition) is 3. The van der Waals surface area contributed by atoms with Crippen LogP contribution in [0, 0.1) is 12.7 Å². The highest BCUT2D eigenvalue weighted by Gasteiger charge is 2.05. The van der Waals surface area contributed by atoms with Crippen molar-refractivity contribution in [3.63, 3.8) is 0 Å². The quantitative estimate of drug-likeness (QED) is 0.676. The fourth-order valence-corrected chi connectivity index (χ4v) is 2.10. The van der Waals surface area contributed by atoms with Crippen molar-refractivity contribution < 1.29 is 4.39 Å². The van der Waals surface area contributed by atoms with Crippen molar-refractivity contribution >= 4 is 17.1 Å². The van der Waals surface area contributed by atoms with E-state index in [-0.39, 0.29) is 5.82 Å². The summed E-state index contributed by atoms with van der Waals surface area (Å²) < 4.78 is 13.9. The Hall–Kier alpha value is -2.07. The van der Waals surface area contributed by atoms with Gasteiger partial charge in [-0.25, -0.2) is 4.39 Å². The third-order valence-corrected chi connectivity index (χ3v) is 3.24. The van der Waals surface area contributed by atoms with Crippen molar-refractivity contribution in [2.24, 2.45) is 0 Å². The molecule has 0 radical (unpaired) electrons. The van der Waals surface area contributed by atoms with Gasteiger partial charge in [0.2, 0.25) is 0 Å². The van der Waals surface area contributed by atoms with Crippen LogP contribution in [0.1, 0.15) is 12.0 Å². The first kappa shape index (κ1) is 15.3. The van der Waals surface area contributed by atoms with Gasteiger partial charge in [0.05, 0.1) is 17.1 Å². The number of nitrogens with one attached hydrogen (secondary N) is 3. The number of anilines is 3. The number of halogens is 1. The van der Waals surface area contributed by atoms with Crippen LogP contribution in [0.2, 0.25) is 0 Å². The van der Waals surface area contributed by atoms with Gasteiger partial charge in [-0.1, -0.05) is 18.2 Å². The van der Waals surface area contributed by atoms with Crippen molar-refractivity contribution in [2.75, 3.05) is 30.8 Å². The summed E-state index contributed by atoms with van der Waals surface area (Å²) in [6, 6.07) is 13.0. The Bertz CT molecular complexity index is 584. The van der Waals surface area contributed by atoms with Crippen LogP contribution in [0.25, 0.3) is 0 Å². The predicted octanol–water partition coefficient (Wildman–Crippen LogP) is 3.90. The highest BCUT2D eigenvalue weighted by atomic mass is 19.1. The molecule has 0 aliphatic rings. The molecular weight excluding hydrogens is 265 g/mol. The van der Waals surface area contributed by atoms with E-state index in [1.807, 2.05) is 44.3 Å². The van der Waals surface area contributed by atoms with Crippen LogP contribution in [-0.4, -0.2) is 20.1 Å². The van der Waals surface area contributed by atoms with Crippen LogP contribution in [0.15, 0.2) is 42.5 Å². The molecule has 0 heterocycles. The topological polar surface area (TPSA) is 36.1 Å².